The van der Waals surface area contributed by atoms with Crippen molar-refractivity contribution in [1.29, 1.82) is 0 Å². The van der Waals surface area contributed by atoms with Gasteiger partial charge in [0, 0.05) is 23.4 Å². The molecule has 3 N–H and O–H groups in total. The van der Waals surface area contributed by atoms with Gasteiger partial charge in [-0.2, -0.15) is 0 Å². The third-order valence-electron chi connectivity index (χ3n) is 3.79. The Morgan fingerprint density at radius 2 is 2.10 bits per heavy atom. The van der Waals surface area contributed by atoms with Crippen molar-refractivity contribution in [2.45, 2.75) is 43.0 Å². The Morgan fingerprint density at radius 3 is 2.81 bits per heavy atom. The fourth-order valence-electron chi connectivity index (χ4n) is 2.61. The maximum Gasteiger partial charge on any atom is 0.223 e. The minimum absolute atomic E-state index is 0.0958. The van der Waals surface area contributed by atoms with E-state index in [9.17, 15) is 9.18 Å². The Bertz CT molecular complexity index is 452. The molecule has 1 aromatic carbocycles. The predicted molar refractivity (Wildman–Crippen MR) is 84.7 cm³/mol. The number of hydrogen-bond donors (Lipinski definition) is 2. The third-order valence-corrected chi connectivity index (χ3v) is 4.89. The van der Waals surface area contributed by atoms with Crippen LogP contribution in [0.5, 0.6) is 0 Å². The van der Waals surface area contributed by atoms with Crippen molar-refractivity contribution < 1.29 is 9.18 Å². The molecule has 1 aromatic rings. The molecular formula is C16H23FN2OS. The van der Waals surface area contributed by atoms with Crippen molar-refractivity contribution in [3.8, 4) is 0 Å². The number of nitrogens with two attached hydrogens (primary N) is 1. The lowest BCUT2D eigenvalue weighted by Gasteiger charge is -2.25. The number of hydrogen-bond acceptors (Lipinski definition) is 3. The molecule has 2 atom stereocenters. The summed E-state index contributed by atoms with van der Waals surface area (Å²) in [6.45, 7) is 0.693. The highest BCUT2D eigenvalue weighted by Gasteiger charge is 2.24. The van der Waals surface area contributed by atoms with Gasteiger partial charge in [0.15, 0.2) is 0 Å². The van der Waals surface area contributed by atoms with Gasteiger partial charge in [-0.3, -0.25) is 4.79 Å². The number of rotatable bonds is 6. The minimum atomic E-state index is -0.211. The van der Waals surface area contributed by atoms with Crippen LogP contribution in [0.15, 0.2) is 29.2 Å². The average molecular weight is 310 g/mol. The Balaban J connectivity index is 1.59. The van der Waals surface area contributed by atoms with E-state index < -0.39 is 0 Å². The molecule has 0 radical (unpaired) electrons. The predicted octanol–water partition coefficient (Wildman–Crippen LogP) is 2.94. The van der Waals surface area contributed by atoms with E-state index >= 15 is 0 Å². The van der Waals surface area contributed by atoms with E-state index in [4.69, 9.17) is 5.73 Å². The number of carbonyl (C=O) groups excluding carboxylic acids is 1. The third kappa shape index (κ3) is 5.67. The first-order valence-corrected chi connectivity index (χ1v) is 8.55. The molecule has 2 unspecified atom stereocenters. The van der Waals surface area contributed by atoms with E-state index in [2.05, 4.69) is 5.32 Å². The summed E-state index contributed by atoms with van der Waals surface area (Å²) in [7, 11) is 0. The largest absolute Gasteiger partial charge is 0.356 e. The van der Waals surface area contributed by atoms with E-state index in [1.54, 1.807) is 23.9 Å². The van der Waals surface area contributed by atoms with Crippen LogP contribution >= 0.6 is 11.8 Å². The van der Waals surface area contributed by atoms with E-state index in [1.165, 1.54) is 12.1 Å². The summed E-state index contributed by atoms with van der Waals surface area (Å²) < 4.78 is 12.8. The van der Waals surface area contributed by atoms with Crippen LogP contribution < -0.4 is 11.1 Å². The summed E-state index contributed by atoms with van der Waals surface area (Å²) in [6.07, 6.45) is 4.78. The molecule has 3 nitrogen and oxygen atoms in total. The van der Waals surface area contributed by atoms with Crippen LogP contribution in [0.3, 0.4) is 0 Å². The van der Waals surface area contributed by atoms with Gasteiger partial charge in [-0.25, -0.2) is 4.39 Å². The first-order chi connectivity index (χ1) is 10.1. The van der Waals surface area contributed by atoms with Crippen LogP contribution in [-0.4, -0.2) is 24.2 Å². The maximum absolute atomic E-state index is 12.8. The highest BCUT2D eigenvalue weighted by atomic mass is 32.2. The van der Waals surface area contributed by atoms with Gasteiger partial charge in [0.25, 0.3) is 0 Å². The van der Waals surface area contributed by atoms with Crippen LogP contribution in [0, 0.1) is 11.7 Å². The van der Waals surface area contributed by atoms with E-state index in [0.29, 0.717) is 6.54 Å². The zero-order valence-corrected chi connectivity index (χ0v) is 13.0. The van der Waals surface area contributed by atoms with Gasteiger partial charge in [-0.05, 0) is 55.7 Å². The van der Waals surface area contributed by atoms with Crippen molar-refractivity contribution in [2.75, 3.05) is 12.3 Å². The van der Waals surface area contributed by atoms with Crippen LogP contribution in [0.25, 0.3) is 0 Å². The number of benzene rings is 1. The fourth-order valence-corrected chi connectivity index (χ4v) is 3.47. The van der Waals surface area contributed by atoms with Gasteiger partial charge in [0.1, 0.15) is 5.82 Å². The van der Waals surface area contributed by atoms with E-state index in [0.717, 1.165) is 42.8 Å². The standard InChI is InChI=1S/C16H23FN2OS/c17-13-5-7-15(8-6-13)21-10-2-9-19-16(20)12-3-1-4-14(18)11-12/h5-8,12,14H,1-4,9-11,18H2,(H,19,20). The minimum Gasteiger partial charge on any atom is -0.356 e. The first kappa shape index (κ1) is 16.3. The van der Waals surface area contributed by atoms with Gasteiger partial charge < -0.3 is 11.1 Å². The van der Waals surface area contributed by atoms with Crippen molar-refractivity contribution in [3.05, 3.63) is 30.1 Å². The molecule has 2 rings (SSSR count). The first-order valence-electron chi connectivity index (χ1n) is 7.57. The Kier molecular flexibility index (Phi) is 6.51. The molecule has 1 saturated carbocycles. The zero-order valence-electron chi connectivity index (χ0n) is 12.2. The molecule has 21 heavy (non-hydrogen) atoms. The molecule has 5 heteroatoms. The molecule has 0 aliphatic heterocycles. The summed E-state index contributed by atoms with van der Waals surface area (Å²) >= 11 is 1.68. The molecular weight excluding hydrogens is 287 g/mol. The number of carbonyl (C=O) groups is 1. The second-order valence-electron chi connectivity index (χ2n) is 5.57. The molecule has 0 saturated heterocycles. The Hall–Kier alpha value is -1.07. The second kappa shape index (κ2) is 8.39. The number of halogens is 1. The van der Waals surface area contributed by atoms with Gasteiger partial charge in [-0.15, -0.1) is 11.8 Å². The molecule has 0 spiro atoms. The molecule has 0 aromatic heterocycles. The van der Waals surface area contributed by atoms with Crippen LogP contribution in [0.1, 0.15) is 32.1 Å². The van der Waals surface area contributed by atoms with Gasteiger partial charge in [-0.1, -0.05) is 6.42 Å². The topological polar surface area (TPSA) is 55.1 Å². The van der Waals surface area contributed by atoms with Crippen molar-refractivity contribution in [2.24, 2.45) is 11.7 Å². The van der Waals surface area contributed by atoms with Crippen molar-refractivity contribution in [1.82, 2.24) is 5.32 Å². The Morgan fingerprint density at radius 1 is 1.33 bits per heavy atom. The highest BCUT2D eigenvalue weighted by molar-refractivity contribution is 7.99. The summed E-state index contributed by atoms with van der Waals surface area (Å²) in [5.41, 5.74) is 5.90. The molecule has 0 heterocycles. The number of thioether (sulfide) groups is 1. The number of nitrogens with one attached hydrogen (secondary N) is 1. The van der Waals surface area contributed by atoms with Gasteiger partial charge >= 0.3 is 0 Å². The molecule has 1 aliphatic carbocycles. The Labute approximate surface area is 129 Å². The lowest BCUT2D eigenvalue weighted by atomic mass is 9.85. The van der Waals surface area contributed by atoms with Crippen LogP contribution in [0.4, 0.5) is 4.39 Å². The summed E-state index contributed by atoms with van der Waals surface area (Å²) in [6, 6.07) is 6.68. The lowest BCUT2D eigenvalue weighted by molar-refractivity contribution is -0.126. The maximum atomic E-state index is 12.8. The molecule has 1 amide bonds. The smallest absolute Gasteiger partial charge is 0.223 e. The van der Waals surface area contributed by atoms with E-state index in [-0.39, 0.29) is 23.7 Å². The van der Waals surface area contributed by atoms with Crippen LogP contribution in [-0.2, 0) is 4.79 Å². The normalized spacial score (nSPS) is 22.0. The monoisotopic (exact) mass is 310 g/mol. The molecule has 1 aliphatic rings. The fraction of sp³-hybridized carbons (Fsp3) is 0.562. The van der Waals surface area contributed by atoms with Gasteiger partial charge in [0.05, 0.1) is 0 Å². The molecule has 116 valence electrons. The van der Waals surface area contributed by atoms with Gasteiger partial charge in [0.2, 0.25) is 5.91 Å². The van der Waals surface area contributed by atoms with Crippen molar-refractivity contribution in [3.63, 3.8) is 0 Å². The molecule has 0 bridgehead atoms. The summed E-state index contributed by atoms with van der Waals surface area (Å²) in [5, 5.41) is 3.00. The summed E-state index contributed by atoms with van der Waals surface area (Å²) in [4.78, 5) is 13.1. The summed E-state index contributed by atoms with van der Waals surface area (Å²) in [5.74, 6) is 0.948. The zero-order chi connectivity index (χ0) is 15.1. The SMILES string of the molecule is NC1CCCC(C(=O)NCCCSc2ccc(F)cc2)C1. The number of amides is 1. The van der Waals surface area contributed by atoms with E-state index in [1.807, 2.05) is 0 Å². The van der Waals surface area contributed by atoms with Crippen molar-refractivity contribution >= 4 is 17.7 Å². The van der Waals surface area contributed by atoms with Crippen LogP contribution in [0.2, 0.25) is 0 Å². The highest BCUT2D eigenvalue weighted by Crippen LogP contribution is 2.23. The second-order valence-corrected chi connectivity index (χ2v) is 6.74. The average Bonchev–Trinajstić information content (AvgIpc) is 2.48. The lowest BCUT2D eigenvalue weighted by Crippen LogP contribution is -2.38. The molecule has 1 fully saturated rings. The quantitative estimate of drug-likeness (QED) is 0.627.